The molecule has 0 radical (unpaired) electrons. The van der Waals surface area contributed by atoms with Gasteiger partial charge in [-0.05, 0) is 23.6 Å². The van der Waals surface area contributed by atoms with Crippen LogP contribution in [0.15, 0.2) is 39.2 Å². The number of sulfonamides is 1. The number of thiophene rings is 2. The molecule has 2 heterocycles. The van der Waals surface area contributed by atoms with Gasteiger partial charge in [0, 0.05) is 16.3 Å². The SMILES string of the molecule is O=S(=O)(Nc1cscc1-c1sccc1Cl)c1ccc(Cl)c(Cl)c1Cl. The fraction of sp³-hybridized carbons (Fsp3) is 0. The van der Waals surface area contributed by atoms with E-state index in [1.165, 1.54) is 34.8 Å². The van der Waals surface area contributed by atoms with Crippen LogP contribution in [0.5, 0.6) is 0 Å². The maximum Gasteiger partial charge on any atom is 0.263 e. The molecule has 3 aromatic rings. The molecule has 2 aromatic heterocycles. The van der Waals surface area contributed by atoms with E-state index in [0.717, 1.165) is 4.88 Å². The van der Waals surface area contributed by atoms with E-state index < -0.39 is 10.0 Å². The zero-order valence-electron chi connectivity index (χ0n) is 11.5. The summed E-state index contributed by atoms with van der Waals surface area (Å²) in [5, 5.41) is 5.97. The second-order valence-electron chi connectivity index (χ2n) is 4.58. The van der Waals surface area contributed by atoms with Gasteiger partial charge in [-0.25, -0.2) is 8.42 Å². The van der Waals surface area contributed by atoms with Crippen molar-refractivity contribution in [3.8, 4) is 10.4 Å². The monoisotopic (exact) mass is 457 g/mol. The highest BCUT2D eigenvalue weighted by atomic mass is 35.5. The van der Waals surface area contributed by atoms with E-state index in [1.807, 2.05) is 10.8 Å². The van der Waals surface area contributed by atoms with Crippen LogP contribution in [0.25, 0.3) is 10.4 Å². The Morgan fingerprint density at radius 1 is 0.917 bits per heavy atom. The van der Waals surface area contributed by atoms with Crippen molar-refractivity contribution in [1.82, 2.24) is 0 Å². The van der Waals surface area contributed by atoms with Crippen molar-refractivity contribution < 1.29 is 8.42 Å². The van der Waals surface area contributed by atoms with Gasteiger partial charge in [-0.15, -0.1) is 22.7 Å². The summed E-state index contributed by atoms with van der Waals surface area (Å²) in [5.74, 6) is 0. The van der Waals surface area contributed by atoms with Crippen molar-refractivity contribution in [3.05, 3.63) is 54.4 Å². The van der Waals surface area contributed by atoms with Crippen molar-refractivity contribution in [2.75, 3.05) is 4.72 Å². The highest BCUT2D eigenvalue weighted by Crippen LogP contribution is 2.41. The Balaban J connectivity index is 2.02. The summed E-state index contributed by atoms with van der Waals surface area (Å²) in [6.45, 7) is 0. The zero-order chi connectivity index (χ0) is 17.5. The number of hydrogen-bond acceptors (Lipinski definition) is 4. The predicted molar refractivity (Wildman–Crippen MR) is 105 cm³/mol. The Kier molecular flexibility index (Phi) is 5.37. The molecule has 0 spiro atoms. The molecule has 0 unspecified atom stereocenters. The van der Waals surface area contributed by atoms with Crippen molar-refractivity contribution in [3.63, 3.8) is 0 Å². The van der Waals surface area contributed by atoms with E-state index >= 15 is 0 Å². The van der Waals surface area contributed by atoms with Crippen LogP contribution in [0.4, 0.5) is 5.69 Å². The molecule has 0 atom stereocenters. The van der Waals surface area contributed by atoms with Crippen LogP contribution in [-0.2, 0) is 10.0 Å². The Labute approximate surface area is 166 Å². The maximum absolute atomic E-state index is 12.7. The van der Waals surface area contributed by atoms with E-state index in [9.17, 15) is 8.42 Å². The minimum Gasteiger partial charge on any atom is -0.278 e. The van der Waals surface area contributed by atoms with E-state index in [2.05, 4.69) is 4.72 Å². The van der Waals surface area contributed by atoms with Crippen LogP contribution in [0.3, 0.4) is 0 Å². The molecular formula is C14H7Cl4NO2S3. The average Bonchev–Trinajstić information content (AvgIpc) is 3.12. The molecule has 0 fully saturated rings. The van der Waals surface area contributed by atoms with Crippen LogP contribution >= 0.6 is 69.1 Å². The summed E-state index contributed by atoms with van der Waals surface area (Å²) in [6.07, 6.45) is 0. The lowest BCUT2D eigenvalue weighted by Crippen LogP contribution is -2.13. The summed E-state index contributed by atoms with van der Waals surface area (Å²) < 4.78 is 27.9. The van der Waals surface area contributed by atoms with Gasteiger partial charge >= 0.3 is 0 Å². The molecule has 126 valence electrons. The first-order valence-electron chi connectivity index (χ1n) is 6.27. The maximum atomic E-state index is 12.7. The minimum absolute atomic E-state index is 0.00643. The highest BCUT2D eigenvalue weighted by Gasteiger charge is 2.23. The van der Waals surface area contributed by atoms with Crippen LogP contribution in [0.2, 0.25) is 20.1 Å². The molecule has 0 bridgehead atoms. The van der Waals surface area contributed by atoms with Gasteiger partial charge in [0.1, 0.15) is 4.90 Å². The third kappa shape index (κ3) is 3.42. The molecule has 1 aromatic carbocycles. The fourth-order valence-electron chi connectivity index (χ4n) is 1.95. The summed E-state index contributed by atoms with van der Waals surface area (Å²) in [4.78, 5) is 0.642. The molecule has 0 saturated carbocycles. The van der Waals surface area contributed by atoms with Gasteiger partial charge in [0.25, 0.3) is 10.0 Å². The zero-order valence-corrected chi connectivity index (χ0v) is 17.0. The Morgan fingerprint density at radius 3 is 2.33 bits per heavy atom. The Bertz CT molecular complexity index is 1010. The van der Waals surface area contributed by atoms with Gasteiger partial charge < -0.3 is 0 Å². The Morgan fingerprint density at radius 2 is 1.67 bits per heavy atom. The van der Waals surface area contributed by atoms with Crippen LogP contribution in [0.1, 0.15) is 0 Å². The second-order valence-corrected chi connectivity index (χ2v) is 9.46. The van der Waals surface area contributed by atoms with Crippen molar-refractivity contribution in [2.24, 2.45) is 0 Å². The van der Waals surface area contributed by atoms with E-state index in [-0.39, 0.29) is 20.0 Å². The number of rotatable bonds is 4. The molecule has 0 aliphatic rings. The molecule has 0 saturated heterocycles. The minimum atomic E-state index is -3.94. The summed E-state index contributed by atoms with van der Waals surface area (Å²) in [6, 6.07) is 4.45. The Hall–Kier alpha value is -0.470. The summed E-state index contributed by atoms with van der Waals surface area (Å²) >= 11 is 26.7. The molecule has 3 nitrogen and oxygen atoms in total. The molecule has 0 amide bonds. The van der Waals surface area contributed by atoms with Gasteiger partial charge in [-0.1, -0.05) is 46.4 Å². The van der Waals surface area contributed by atoms with Gasteiger partial charge in [-0.3, -0.25) is 4.72 Å². The lowest BCUT2D eigenvalue weighted by Gasteiger charge is -2.11. The standard InChI is InChI=1S/C14H7Cl4NO2S3/c15-8-1-2-11(13(18)12(8)17)24(20,21)19-10-6-22-5-7(10)14-9(16)3-4-23-14/h1-6,19H. The third-order valence-electron chi connectivity index (χ3n) is 3.06. The summed E-state index contributed by atoms with van der Waals surface area (Å²) in [7, 11) is -3.94. The number of nitrogens with one attached hydrogen (secondary N) is 1. The lowest BCUT2D eigenvalue weighted by atomic mass is 10.2. The molecular weight excluding hydrogens is 452 g/mol. The fourth-order valence-corrected chi connectivity index (χ4v) is 6.11. The number of benzene rings is 1. The van der Waals surface area contributed by atoms with Gasteiger partial charge in [0.05, 0.1) is 30.7 Å². The first kappa shape index (κ1) is 18.3. The third-order valence-corrected chi connectivity index (χ3v) is 7.99. The topological polar surface area (TPSA) is 46.2 Å². The number of hydrogen-bond donors (Lipinski definition) is 1. The average molecular weight is 459 g/mol. The highest BCUT2D eigenvalue weighted by molar-refractivity contribution is 7.92. The largest absolute Gasteiger partial charge is 0.278 e. The first-order valence-corrected chi connectivity index (χ1v) is 11.1. The molecule has 24 heavy (non-hydrogen) atoms. The lowest BCUT2D eigenvalue weighted by molar-refractivity contribution is 0.601. The van der Waals surface area contributed by atoms with Gasteiger partial charge in [-0.2, -0.15) is 0 Å². The smallest absolute Gasteiger partial charge is 0.263 e. The van der Waals surface area contributed by atoms with Crippen LogP contribution in [-0.4, -0.2) is 8.42 Å². The van der Waals surface area contributed by atoms with Crippen molar-refractivity contribution >= 4 is 84.8 Å². The van der Waals surface area contributed by atoms with Crippen LogP contribution < -0.4 is 4.72 Å². The number of halogens is 4. The molecule has 10 heteroatoms. The van der Waals surface area contributed by atoms with Crippen molar-refractivity contribution in [1.29, 1.82) is 0 Å². The molecule has 0 aliphatic carbocycles. The van der Waals surface area contributed by atoms with Gasteiger partial charge in [0.2, 0.25) is 0 Å². The second kappa shape index (κ2) is 7.03. The quantitative estimate of drug-likeness (QED) is 0.432. The predicted octanol–water partition coefficient (Wildman–Crippen LogP) is 6.89. The molecule has 3 rings (SSSR count). The number of anilines is 1. The molecule has 1 N–H and O–H groups in total. The summed E-state index contributed by atoms with van der Waals surface area (Å²) in [5.41, 5.74) is 1.13. The van der Waals surface area contributed by atoms with E-state index in [4.69, 9.17) is 46.4 Å². The molecule has 0 aliphatic heterocycles. The first-order chi connectivity index (χ1) is 11.3. The van der Waals surface area contributed by atoms with Gasteiger partial charge in [0.15, 0.2) is 0 Å². The van der Waals surface area contributed by atoms with E-state index in [1.54, 1.807) is 11.4 Å². The van der Waals surface area contributed by atoms with Crippen molar-refractivity contribution in [2.45, 2.75) is 4.90 Å². The van der Waals surface area contributed by atoms with Crippen LogP contribution in [0, 0.1) is 0 Å². The van der Waals surface area contributed by atoms with E-state index in [0.29, 0.717) is 16.3 Å². The normalized spacial score (nSPS) is 11.7.